The van der Waals surface area contributed by atoms with Gasteiger partial charge in [-0.1, -0.05) is 12.1 Å². The van der Waals surface area contributed by atoms with Gasteiger partial charge in [0.05, 0.1) is 17.6 Å². The molecule has 1 aliphatic rings. The van der Waals surface area contributed by atoms with Gasteiger partial charge in [0, 0.05) is 0 Å². The smallest absolute Gasteiger partial charge is 0.144 e. The first-order valence-corrected chi connectivity index (χ1v) is 5.18. The fourth-order valence-electron chi connectivity index (χ4n) is 1.95. The highest BCUT2D eigenvalue weighted by Crippen LogP contribution is 2.28. The normalized spacial score (nSPS) is 30.0. The zero-order valence-corrected chi connectivity index (χ0v) is 8.50. The van der Waals surface area contributed by atoms with Gasteiger partial charge in [-0.3, -0.25) is 0 Å². The number of hydrogen-bond acceptors (Lipinski definition) is 4. The van der Waals surface area contributed by atoms with Crippen molar-refractivity contribution < 1.29 is 14.9 Å². The highest BCUT2D eigenvalue weighted by Gasteiger charge is 2.37. The minimum atomic E-state index is -0.916. The summed E-state index contributed by atoms with van der Waals surface area (Å²) in [5.41, 5.74) is 1.73. The Morgan fingerprint density at radius 3 is 2.81 bits per heavy atom. The van der Waals surface area contributed by atoms with Crippen LogP contribution in [0.4, 0.5) is 0 Å². The molecule has 0 saturated carbocycles. The monoisotopic (exact) mass is 220 g/mol. The van der Waals surface area contributed by atoms with Crippen LogP contribution in [0.2, 0.25) is 0 Å². The van der Waals surface area contributed by atoms with Crippen LogP contribution in [0.5, 0.6) is 0 Å². The van der Waals surface area contributed by atoms with Gasteiger partial charge in [-0.2, -0.15) is 0 Å². The topological polar surface area (TPSA) is 78.4 Å². The van der Waals surface area contributed by atoms with Crippen molar-refractivity contribution in [3.8, 4) is 0 Å². The molecule has 5 nitrogen and oxygen atoms in total. The third kappa shape index (κ3) is 1.41. The van der Waals surface area contributed by atoms with Crippen LogP contribution < -0.4 is 0 Å². The van der Waals surface area contributed by atoms with Crippen molar-refractivity contribution >= 4 is 11.0 Å². The maximum absolute atomic E-state index is 9.70. The quantitative estimate of drug-likeness (QED) is 0.648. The van der Waals surface area contributed by atoms with Crippen LogP contribution in [0.3, 0.4) is 0 Å². The predicted octanol–water partition coefficient (Wildman–Crippen LogP) is 0.356. The van der Waals surface area contributed by atoms with E-state index in [4.69, 9.17) is 4.74 Å². The lowest BCUT2D eigenvalue weighted by atomic mass is 10.1. The van der Waals surface area contributed by atoms with Crippen LogP contribution in [-0.2, 0) is 4.74 Å². The fraction of sp³-hybridized carbons (Fsp3) is 0.364. The number of H-pyrrole nitrogens is 1. The van der Waals surface area contributed by atoms with E-state index in [2.05, 4.69) is 9.97 Å². The molecule has 0 bridgehead atoms. The summed E-state index contributed by atoms with van der Waals surface area (Å²) in [6.07, 6.45) is -2.32. The SMILES string of the molecule is O[C@@H]1[C@@H](c2nc3ccccc3[nH]2)OC[C@@H]1O. The third-order valence-corrected chi connectivity index (χ3v) is 2.83. The number of imidazole rings is 1. The van der Waals surface area contributed by atoms with Crippen molar-refractivity contribution in [1.82, 2.24) is 9.97 Å². The second-order valence-electron chi connectivity index (χ2n) is 3.95. The van der Waals surface area contributed by atoms with Gasteiger partial charge in [0.25, 0.3) is 0 Å². The zero-order valence-electron chi connectivity index (χ0n) is 8.50. The summed E-state index contributed by atoms with van der Waals surface area (Å²) in [5, 5.41) is 19.1. The number of para-hydroxylation sites is 2. The van der Waals surface area contributed by atoms with Crippen LogP contribution >= 0.6 is 0 Å². The van der Waals surface area contributed by atoms with E-state index in [1.165, 1.54) is 0 Å². The van der Waals surface area contributed by atoms with Crippen molar-refractivity contribution in [1.29, 1.82) is 0 Å². The first kappa shape index (κ1) is 9.77. The highest BCUT2D eigenvalue weighted by molar-refractivity contribution is 5.74. The molecular weight excluding hydrogens is 208 g/mol. The summed E-state index contributed by atoms with van der Waals surface area (Å²) in [7, 11) is 0. The molecule has 2 heterocycles. The Morgan fingerprint density at radius 2 is 2.12 bits per heavy atom. The minimum Gasteiger partial charge on any atom is -0.388 e. The molecule has 3 rings (SSSR count). The van der Waals surface area contributed by atoms with Gasteiger partial charge in [-0.15, -0.1) is 0 Å². The first-order valence-electron chi connectivity index (χ1n) is 5.18. The number of rotatable bonds is 1. The summed E-state index contributed by atoms with van der Waals surface area (Å²) in [5.74, 6) is 0.560. The van der Waals surface area contributed by atoms with E-state index in [1.54, 1.807) is 0 Å². The van der Waals surface area contributed by atoms with Crippen molar-refractivity contribution in [3.63, 3.8) is 0 Å². The van der Waals surface area contributed by atoms with E-state index in [0.29, 0.717) is 5.82 Å². The summed E-state index contributed by atoms with van der Waals surface area (Å²) in [4.78, 5) is 7.41. The fourth-order valence-corrected chi connectivity index (χ4v) is 1.95. The van der Waals surface area contributed by atoms with Crippen LogP contribution in [-0.4, -0.2) is 39.0 Å². The Kier molecular flexibility index (Phi) is 2.17. The molecular formula is C11H12N2O3. The molecule has 1 fully saturated rings. The maximum Gasteiger partial charge on any atom is 0.144 e. The standard InChI is InChI=1S/C11H12N2O3/c14-8-5-16-10(9(8)15)11-12-6-3-1-2-4-7(6)13-11/h1-4,8-10,14-15H,5H2,(H,12,13)/t8-,9-,10-/m0/s1. The molecule has 1 aliphatic heterocycles. The van der Waals surface area contributed by atoms with Crippen molar-refractivity contribution in [3.05, 3.63) is 30.1 Å². The van der Waals surface area contributed by atoms with Gasteiger partial charge >= 0.3 is 0 Å². The number of aliphatic hydroxyl groups is 2. The average Bonchev–Trinajstić information content (AvgIpc) is 2.84. The van der Waals surface area contributed by atoms with E-state index in [1.807, 2.05) is 24.3 Å². The van der Waals surface area contributed by atoms with E-state index < -0.39 is 18.3 Å². The van der Waals surface area contributed by atoms with Gasteiger partial charge in [-0.05, 0) is 12.1 Å². The Labute approximate surface area is 91.7 Å². The van der Waals surface area contributed by atoms with Crippen molar-refractivity contribution in [2.24, 2.45) is 0 Å². The molecule has 5 heteroatoms. The van der Waals surface area contributed by atoms with Crippen LogP contribution in [0.15, 0.2) is 24.3 Å². The Hall–Kier alpha value is -1.43. The number of nitrogens with zero attached hydrogens (tertiary/aromatic N) is 1. The van der Waals surface area contributed by atoms with Gasteiger partial charge < -0.3 is 19.9 Å². The van der Waals surface area contributed by atoms with Gasteiger partial charge in [-0.25, -0.2) is 4.98 Å². The molecule has 0 amide bonds. The van der Waals surface area contributed by atoms with E-state index >= 15 is 0 Å². The molecule has 0 radical (unpaired) electrons. The van der Waals surface area contributed by atoms with Gasteiger partial charge in [0.2, 0.25) is 0 Å². The minimum absolute atomic E-state index is 0.142. The lowest BCUT2D eigenvalue weighted by Gasteiger charge is -2.11. The van der Waals surface area contributed by atoms with Gasteiger partial charge in [0.1, 0.15) is 24.1 Å². The van der Waals surface area contributed by atoms with E-state index in [9.17, 15) is 10.2 Å². The lowest BCUT2D eigenvalue weighted by Crippen LogP contribution is -2.25. The summed E-state index contributed by atoms with van der Waals surface area (Å²) in [6, 6.07) is 7.59. The zero-order chi connectivity index (χ0) is 11.1. The molecule has 16 heavy (non-hydrogen) atoms. The number of aromatic amines is 1. The van der Waals surface area contributed by atoms with Crippen molar-refractivity contribution in [2.45, 2.75) is 18.3 Å². The number of hydrogen-bond donors (Lipinski definition) is 3. The summed E-state index contributed by atoms with van der Waals surface area (Å²) < 4.78 is 5.30. The van der Waals surface area contributed by atoms with Crippen LogP contribution in [0.1, 0.15) is 11.9 Å². The molecule has 3 N–H and O–H groups in total. The second-order valence-corrected chi connectivity index (χ2v) is 3.95. The Bertz CT molecular complexity index is 478. The molecule has 0 aliphatic carbocycles. The predicted molar refractivity (Wildman–Crippen MR) is 56.8 cm³/mol. The Morgan fingerprint density at radius 1 is 1.31 bits per heavy atom. The molecule has 0 spiro atoms. The summed E-state index contributed by atoms with van der Waals surface area (Å²) in [6.45, 7) is 0.142. The van der Waals surface area contributed by atoms with Crippen LogP contribution in [0.25, 0.3) is 11.0 Å². The summed E-state index contributed by atoms with van der Waals surface area (Å²) >= 11 is 0. The third-order valence-electron chi connectivity index (χ3n) is 2.83. The number of aromatic nitrogens is 2. The number of aliphatic hydroxyl groups excluding tert-OH is 2. The van der Waals surface area contributed by atoms with E-state index in [0.717, 1.165) is 11.0 Å². The molecule has 1 aromatic heterocycles. The number of ether oxygens (including phenoxy) is 1. The number of nitrogens with one attached hydrogen (secondary N) is 1. The molecule has 84 valence electrons. The van der Waals surface area contributed by atoms with Crippen molar-refractivity contribution in [2.75, 3.05) is 6.61 Å². The van der Waals surface area contributed by atoms with Gasteiger partial charge in [0.15, 0.2) is 0 Å². The molecule has 2 aromatic rings. The highest BCUT2D eigenvalue weighted by atomic mass is 16.5. The lowest BCUT2D eigenvalue weighted by molar-refractivity contribution is 0.0188. The number of fused-ring (bicyclic) bond motifs is 1. The largest absolute Gasteiger partial charge is 0.388 e. The van der Waals surface area contributed by atoms with E-state index in [-0.39, 0.29) is 6.61 Å². The molecule has 3 atom stereocenters. The van der Waals surface area contributed by atoms with Crippen LogP contribution in [0, 0.1) is 0 Å². The first-order chi connectivity index (χ1) is 7.75. The second kappa shape index (κ2) is 3.55. The molecule has 1 saturated heterocycles. The average molecular weight is 220 g/mol. The molecule has 1 aromatic carbocycles. The molecule has 0 unspecified atom stereocenters. The Balaban J connectivity index is 2.00. The number of benzene rings is 1. The maximum atomic E-state index is 9.70.